The Morgan fingerprint density at radius 2 is 1.92 bits per heavy atom. The number of nitrogens with one attached hydrogen (secondary N) is 1. The quantitative estimate of drug-likeness (QED) is 0.199. The van der Waals surface area contributed by atoms with Gasteiger partial charge in [-0.25, -0.2) is 10.5 Å². The van der Waals surface area contributed by atoms with Crippen molar-refractivity contribution in [1.29, 1.82) is 0 Å². The molecule has 4 aromatic rings. The third-order valence-electron chi connectivity index (χ3n) is 6.78. The van der Waals surface area contributed by atoms with Gasteiger partial charge >= 0.3 is 5.97 Å². The first-order valence-electron chi connectivity index (χ1n) is 12.2. The van der Waals surface area contributed by atoms with E-state index in [1.54, 1.807) is 24.8 Å². The minimum Gasteiger partial charge on any atom is -0.489 e. The number of ether oxygens (including phenoxy) is 2. The maximum absolute atomic E-state index is 12.6. The molecule has 188 valence electrons. The number of nitrogens with zero attached hydrogens (tertiary/aromatic N) is 2. The second-order valence-corrected chi connectivity index (χ2v) is 9.14. The fourth-order valence-corrected chi connectivity index (χ4v) is 4.75. The summed E-state index contributed by atoms with van der Waals surface area (Å²) in [6.45, 7) is 2.31. The Kier molecular flexibility index (Phi) is 6.83. The molecule has 2 aromatic carbocycles. The van der Waals surface area contributed by atoms with Crippen LogP contribution in [0, 0.1) is 11.3 Å². The lowest BCUT2D eigenvalue weighted by Crippen LogP contribution is -2.30. The van der Waals surface area contributed by atoms with Gasteiger partial charge < -0.3 is 9.47 Å². The molecule has 1 aliphatic carbocycles. The molecule has 2 atom stereocenters. The molecular weight excluding hydrogens is 470 g/mol. The van der Waals surface area contributed by atoms with Gasteiger partial charge in [-0.15, -0.1) is 0 Å². The summed E-state index contributed by atoms with van der Waals surface area (Å²) in [7, 11) is 0. The van der Waals surface area contributed by atoms with E-state index in [0.717, 1.165) is 33.3 Å². The third-order valence-corrected chi connectivity index (χ3v) is 6.78. The van der Waals surface area contributed by atoms with Crippen LogP contribution < -0.4 is 10.2 Å². The number of carbonyl (C=O) groups excluding carboxylic acids is 2. The van der Waals surface area contributed by atoms with Crippen molar-refractivity contribution >= 4 is 22.8 Å². The summed E-state index contributed by atoms with van der Waals surface area (Å²) in [5.74, 6) is -0.916. The lowest BCUT2D eigenvalue weighted by Gasteiger charge is -2.16. The predicted molar refractivity (Wildman–Crippen MR) is 137 cm³/mol. The summed E-state index contributed by atoms with van der Waals surface area (Å²) in [5, 5.41) is 10.0. The molecule has 37 heavy (non-hydrogen) atoms. The summed E-state index contributed by atoms with van der Waals surface area (Å²) >= 11 is 0. The number of benzene rings is 2. The Morgan fingerprint density at radius 1 is 1.11 bits per heavy atom. The summed E-state index contributed by atoms with van der Waals surface area (Å²) in [6, 6.07) is 21.3. The Labute approximate surface area is 214 Å². The second kappa shape index (κ2) is 10.4. The first-order chi connectivity index (χ1) is 18.0. The maximum atomic E-state index is 12.6. The Bertz CT molecular complexity index is 1420. The average molecular weight is 498 g/mol. The number of hydroxylamine groups is 1. The highest BCUT2D eigenvalue weighted by Crippen LogP contribution is 2.56. The lowest BCUT2D eigenvalue weighted by molar-refractivity contribution is -0.152. The SMILES string of the molecule is CCOC(=O)[C@]1(Cc2ccc(OCc3cc(-c4cccnc4)nc4ccccc34)cc2)C[C@H]1C(=O)NO. The molecule has 1 fully saturated rings. The molecule has 5 rings (SSSR count). The number of aromatic nitrogens is 2. The Hall–Kier alpha value is -4.30. The van der Waals surface area contributed by atoms with Crippen molar-refractivity contribution in [3.05, 3.63) is 90.3 Å². The van der Waals surface area contributed by atoms with Gasteiger partial charge in [-0.2, -0.15) is 0 Å². The average Bonchev–Trinajstić information content (AvgIpc) is 3.68. The standard InChI is InChI=1S/C29H27N3O5/c1-2-36-28(34)29(16-24(29)27(33)32-35)15-19-9-11-22(12-10-19)37-18-21-14-26(20-6-5-13-30-17-20)31-25-8-4-3-7-23(21)25/h3-14,17,24,35H,2,15-16,18H2,1H3,(H,32,33)/t24-,29+/m0/s1. The van der Waals surface area contributed by atoms with Crippen LogP contribution in [0.25, 0.3) is 22.2 Å². The number of hydrogen-bond donors (Lipinski definition) is 2. The van der Waals surface area contributed by atoms with Crippen LogP contribution in [0.5, 0.6) is 5.75 Å². The van der Waals surface area contributed by atoms with E-state index in [0.29, 0.717) is 25.2 Å². The minimum absolute atomic E-state index is 0.229. The molecule has 0 bridgehead atoms. The highest BCUT2D eigenvalue weighted by Gasteiger charge is 2.64. The van der Waals surface area contributed by atoms with Crippen molar-refractivity contribution in [2.75, 3.05) is 6.61 Å². The zero-order valence-corrected chi connectivity index (χ0v) is 20.4. The van der Waals surface area contributed by atoms with E-state index in [1.807, 2.05) is 66.7 Å². The highest BCUT2D eigenvalue weighted by atomic mass is 16.5. The van der Waals surface area contributed by atoms with Crippen molar-refractivity contribution in [3.8, 4) is 17.0 Å². The van der Waals surface area contributed by atoms with Crippen LogP contribution in [0.2, 0.25) is 0 Å². The van der Waals surface area contributed by atoms with Gasteiger partial charge in [-0.3, -0.25) is 19.8 Å². The number of pyridine rings is 2. The van der Waals surface area contributed by atoms with Crippen LogP contribution >= 0.6 is 0 Å². The van der Waals surface area contributed by atoms with E-state index < -0.39 is 23.2 Å². The molecule has 8 nitrogen and oxygen atoms in total. The van der Waals surface area contributed by atoms with Crippen molar-refractivity contribution in [2.24, 2.45) is 11.3 Å². The molecule has 0 aliphatic heterocycles. The molecule has 2 N–H and O–H groups in total. The van der Waals surface area contributed by atoms with Gasteiger partial charge in [-0.05, 0) is 61.7 Å². The number of hydrogen-bond acceptors (Lipinski definition) is 7. The monoisotopic (exact) mass is 497 g/mol. The normalized spacial score (nSPS) is 18.3. The van der Waals surface area contributed by atoms with E-state index in [4.69, 9.17) is 19.7 Å². The number of carbonyl (C=O) groups is 2. The maximum Gasteiger partial charge on any atom is 0.313 e. The van der Waals surface area contributed by atoms with Crippen LogP contribution in [0.1, 0.15) is 24.5 Å². The zero-order valence-electron chi connectivity index (χ0n) is 20.4. The van der Waals surface area contributed by atoms with Gasteiger partial charge in [0.1, 0.15) is 12.4 Å². The summed E-state index contributed by atoms with van der Waals surface area (Å²) in [4.78, 5) is 33.6. The number of para-hydroxylation sites is 1. The van der Waals surface area contributed by atoms with Crippen LogP contribution in [0.15, 0.2) is 79.1 Å². The van der Waals surface area contributed by atoms with E-state index in [2.05, 4.69) is 4.98 Å². The van der Waals surface area contributed by atoms with E-state index in [9.17, 15) is 9.59 Å². The number of fused-ring (bicyclic) bond motifs is 1. The van der Waals surface area contributed by atoms with Gasteiger partial charge in [0, 0.05) is 28.9 Å². The van der Waals surface area contributed by atoms with Crippen LogP contribution in [-0.4, -0.2) is 33.7 Å². The predicted octanol–water partition coefficient (Wildman–Crippen LogP) is 4.49. The van der Waals surface area contributed by atoms with Gasteiger partial charge in [0.2, 0.25) is 5.91 Å². The molecule has 0 radical (unpaired) electrons. The van der Waals surface area contributed by atoms with Crippen molar-refractivity contribution < 1.29 is 24.3 Å². The Balaban J connectivity index is 1.32. The molecular formula is C29H27N3O5. The fraction of sp³-hybridized carbons (Fsp3) is 0.241. The summed E-state index contributed by atoms with van der Waals surface area (Å²) < 4.78 is 11.3. The molecule has 2 heterocycles. The molecule has 0 unspecified atom stereocenters. The van der Waals surface area contributed by atoms with Crippen LogP contribution in [0.3, 0.4) is 0 Å². The smallest absolute Gasteiger partial charge is 0.313 e. The number of esters is 1. The van der Waals surface area contributed by atoms with Crippen LogP contribution in [0.4, 0.5) is 0 Å². The zero-order chi connectivity index (χ0) is 25.8. The second-order valence-electron chi connectivity index (χ2n) is 9.14. The Morgan fingerprint density at radius 3 is 2.65 bits per heavy atom. The highest BCUT2D eigenvalue weighted by molar-refractivity contribution is 5.93. The number of amides is 1. The van der Waals surface area contributed by atoms with Gasteiger partial charge in [-0.1, -0.05) is 30.3 Å². The summed E-state index contributed by atoms with van der Waals surface area (Å²) in [6.07, 6.45) is 4.20. The van der Waals surface area contributed by atoms with E-state index in [1.165, 1.54) is 0 Å². The van der Waals surface area contributed by atoms with Gasteiger partial charge in [0.15, 0.2) is 0 Å². The molecule has 1 saturated carbocycles. The largest absolute Gasteiger partial charge is 0.489 e. The minimum atomic E-state index is -0.955. The molecule has 1 aliphatic rings. The van der Waals surface area contributed by atoms with Crippen molar-refractivity contribution in [2.45, 2.75) is 26.4 Å². The topological polar surface area (TPSA) is 111 Å². The first kappa shape index (κ1) is 24.4. The molecule has 0 saturated heterocycles. The van der Waals surface area contributed by atoms with Gasteiger partial charge in [0.05, 0.1) is 29.2 Å². The van der Waals surface area contributed by atoms with Crippen molar-refractivity contribution in [1.82, 2.24) is 15.4 Å². The third kappa shape index (κ3) is 5.01. The van der Waals surface area contributed by atoms with E-state index in [-0.39, 0.29) is 6.61 Å². The summed E-state index contributed by atoms with van der Waals surface area (Å²) in [5.41, 5.74) is 5.23. The van der Waals surface area contributed by atoms with Crippen molar-refractivity contribution in [3.63, 3.8) is 0 Å². The molecule has 8 heteroatoms. The molecule has 0 spiro atoms. The number of rotatable bonds is 9. The fourth-order valence-electron chi connectivity index (χ4n) is 4.75. The first-order valence-corrected chi connectivity index (χ1v) is 12.2. The van der Waals surface area contributed by atoms with Crippen LogP contribution in [-0.2, 0) is 27.4 Å². The van der Waals surface area contributed by atoms with E-state index >= 15 is 0 Å². The lowest BCUT2D eigenvalue weighted by atomic mass is 9.93. The molecule has 1 amide bonds. The molecule has 2 aromatic heterocycles. The van der Waals surface area contributed by atoms with Gasteiger partial charge in [0.25, 0.3) is 0 Å².